The molecule has 2 aliphatic heterocycles. The van der Waals surface area contributed by atoms with Crippen LogP contribution in [0.25, 0.3) is 0 Å². The van der Waals surface area contributed by atoms with E-state index in [2.05, 4.69) is 10.2 Å². The fourth-order valence-electron chi connectivity index (χ4n) is 2.98. The number of nitrogens with one attached hydrogen (secondary N) is 1. The monoisotopic (exact) mass is 311 g/mol. The van der Waals surface area contributed by atoms with E-state index in [-0.39, 0.29) is 5.91 Å². The van der Waals surface area contributed by atoms with Crippen molar-refractivity contribution in [2.45, 2.75) is 25.8 Å². The van der Waals surface area contributed by atoms with E-state index in [0.717, 1.165) is 13.1 Å². The lowest BCUT2D eigenvalue weighted by Gasteiger charge is -2.37. The van der Waals surface area contributed by atoms with Crippen LogP contribution in [0.3, 0.4) is 0 Å². The van der Waals surface area contributed by atoms with E-state index in [4.69, 9.17) is 5.73 Å². The number of imide groups is 1. The molecular formula is C14H25N5O3. The zero-order valence-electron chi connectivity index (χ0n) is 13.1. The summed E-state index contributed by atoms with van der Waals surface area (Å²) >= 11 is 0. The molecule has 2 saturated heterocycles. The van der Waals surface area contributed by atoms with Crippen molar-refractivity contribution in [1.29, 1.82) is 0 Å². The number of amides is 4. The molecular weight excluding hydrogens is 286 g/mol. The Hall–Kier alpha value is -1.67. The fourth-order valence-corrected chi connectivity index (χ4v) is 2.98. The van der Waals surface area contributed by atoms with Crippen LogP contribution in [0.4, 0.5) is 4.79 Å². The van der Waals surface area contributed by atoms with E-state index >= 15 is 0 Å². The first-order chi connectivity index (χ1) is 10.5. The van der Waals surface area contributed by atoms with Crippen molar-refractivity contribution in [3.05, 3.63) is 0 Å². The van der Waals surface area contributed by atoms with Crippen LogP contribution in [0.2, 0.25) is 0 Å². The third-order valence-corrected chi connectivity index (χ3v) is 4.40. The molecule has 0 spiro atoms. The van der Waals surface area contributed by atoms with Gasteiger partial charge in [-0.1, -0.05) is 0 Å². The van der Waals surface area contributed by atoms with Crippen molar-refractivity contribution < 1.29 is 14.4 Å². The number of rotatable bonds is 4. The second-order valence-electron chi connectivity index (χ2n) is 5.93. The van der Waals surface area contributed by atoms with Gasteiger partial charge in [0, 0.05) is 26.2 Å². The zero-order valence-corrected chi connectivity index (χ0v) is 13.1. The highest BCUT2D eigenvalue weighted by Gasteiger charge is 2.28. The third-order valence-electron chi connectivity index (χ3n) is 4.40. The molecule has 0 aromatic rings. The summed E-state index contributed by atoms with van der Waals surface area (Å²) < 4.78 is 0. The van der Waals surface area contributed by atoms with Crippen LogP contribution in [-0.2, 0) is 9.59 Å². The molecule has 0 aliphatic carbocycles. The molecule has 22 heavy (non-hydrogen) atoms. The maximum absolute atomic E-state index is 12.2. The standard InChI is InChI=1S/C14H25N5O3/c1-11(13(21)16-14(15)22)18-6-8-19(9-7-18)12(20)10-17-4-2-3-5-17/h11H,2-10H2,1H3,(H3,15,16,21,22)/t11-/m1/s1. The second-order valence-corrected chi connectivity index (χ2v) is 5.93. The Morgan fingerprint density at radius 3 is 2.18 bits per heavy atom. The number of nitrogens with two attached hydrogens (primary N) is 1. The number of piperazine rings is 1. The molecule has 0 bridgehead atoms. The van der Waals surface area contributed by atoms with Gasteiger partial charge in [0.2, 0.25) is 11.8 Å². The average Bonchev–Trinajstić information content (AvgIpc) is 2.98. The van der Waals surface area contributed by atoms with Gasteiger partial charge in [-0.2, -0.15) is 0 Å². The number of nitrogens with zero attached hydrogens (tertiary/aromatic N) is 3. The first-order valence-corrected chi connectivity index (χ1v) is 7.82. The molecule has 2 fully saturated rings. The number of likely N-dealkylation sites (tertiary alicyclic amines) is 1. The van der Waals surface area contributed by atoms with Crippen molar-refractivity contribution in [3.8, 4) is 0 Å². The predicted octanol–water partition coefficient (Wildman–Crippen LogP) is -1.19. The topological polar surface area (TPSA) is 99.0 Å². The summed E-state index contributed by atoms with van der Waals surface area (Å²) in [6.45, 7) is 6.73. The lowest BCUT2D eigenvalue weighted by Crippen LogP contribution is -2.56. The lowest BCUT2D eigenvalue weighted by atomic mass is 10.2. The molecule has 1 atom stereocenters. The first-order valence-electron chi connectivity index (χ1n) is 7.82. The Kier molecular flexibility index (Phi) is 5.73. The van der Waals surface area contributed by atoms with E-state index in [0.29, 0.717) is 32.7 Å². The number of hydrogen-bond donors (Lipinski definition) is 2. The van der Waals surface area contributed by atoms with Crippen LogP contribution in [0.5, 0.6) is 0 Å². The third kappa shape index (κ3) is 4.41. The van der Waals surface area contributed by atoms with Gasteiger partial charge < -0.3 is 10.6 Å². The van der Waals surface area contributed by atoms with E-state index in [9.17, 15) is 14.4 Å². The quantitative estimate of drug-likeness (QED) is 0.680. The molecule has 0 aromatic heterocycles. The van der Waals surface area contributed by atoms with Crippen molar-refractivity contribution in [3.63, 3.8) is 0 Å². The molecule has 124 valence electrons. The minimum atomic E-state index is -0.837. The van der Waals surface area contributed by atoms with E-state index in [1.807, 2.05) is 9.80 Å². The zero-order chi connectivity index (χ0) is 16.1. The van der Waals surface area contributed by atoms with Crippen molar-refractivity contribution in [1.82, 2.24) is 20.0 Å². The lowest BCUT2D eigenvalue weighted by molar-refractivity contribution is -0.135. The number of hydrogen-bond acceptors (Lipinski definition) is 5. The van der Waals surface area contributed by atoms with E-state index in [1.165, 1.54) is 12.8 Å². The van der Waals surface area contributed by atoms with E-state index < -0.39 is 18.0 Å². The Labute approximate surface area is 130 Å². The second kappa shape index (κ2) is 7.55. The summed E-state index contributed by atoms with van der Waals surface area (Å²) in [6, 6.07) is -1.26. The Morgan fingerprint density at radius 1 is 1.05 bits per heavy atom. The molecule has 2 rings (SSSR count). The highest BCUT2D eigenvalue weighted by molar-refractivity contribution is 5.96. The normalized spacial score (nSPS) is 21.6. The summed E-state index contributed by atoms with van der Waals surface area (Å²) in [5.74, 6) is -0.236. The first kappa shape index (κ1) is 16.7. The van der Waals surface area contributed by atoms with Gasteiger partial charge in [0.25, 0.3) is 0 Å². The smallest absolute Gasteiger partial charge is 0.318 e. The molecule has 0 unspecified atom stereocenters. The Bertz CT molecular complexity index is 428. The summed E-state index contributed by atoms with van der Waals surface area (Å²) in [6.07, 6.45) is 2.35. The van der Waals surface area contributed by atoms with Gasteiger partial charge in [-0.25, -0.2) is 4.79 Å². The van der Waals surface area contributed by atoms with Crippen LogP contribution >= 0.6 is 0 Å². The molecule has 0 radical (unpaired) electrons. The molecule has 8 nitrogen and oxygen atoms in total. The minimum absolute atomic E-state index is 0.163. The molecule has 4 amide bonds. The average molecular weight is 311 g/mol. The van der Waals surface area contributed by atoms with Gasteiger partial charge in [0.05, 0.1) is 12.6 Å². The maximum Gasteiger partial charge on any atom is 0.318 e. The van der Waals surface area contributed by atoms with Gasteiger partial charge in [-0.15, -0.1) is 0 Å². The van der Waals surface area contributed by atoms with Gasteiger partial charge in [0.1, 0.15) is 0 Å². The fraction of sp³-hybridized carbons (Fsp3) is 0.786. The van der Waals surface area contributed by atoms with Gasteiger partial charge in [-0.3, -0.25) is 24.7 Å². The Balaban J connectivity index is 1.75. The largest absolute Gasteiger partial charge is 0.351 e. The molecule has 8 heteroatoms. The van der Waals surface area contributed by atoms with Crippen molar-refractivity contribution in [2.75, 3.05) is 45.8 Å². The number of primary amides is 1. The van der Waals surface area contributed by atoms with E-state index in [1.54, 1.807) is 6.92 Å². The summed E-state index contributed by atoms with van der Waals surface area (Å²) in [4.78, 5) is 40.7. The number of carbonyl (C=O) groups excluding carboxylic acids is 3. The Morgan fingerprint density at radius 2 is 1.64 bits per heavy atom. The number of urea groups is 1. The predicted molar refractivity (Wildman–Crippen MR) is 81.0 cm³/mol. The van der Waals surface area contributed by atoms with Crippen LogP contribution in [0.1, 0.15) is 19.8 Å². The van der Waals surface area contributed by atoms with Crippen molar-refractivity contribution in [2.24, 2.45) is 5.73 Å². The van der Waals surface area contributed by atoms with Gasteiger partial charge in [0.15, 0.2) is 0 Å². The van der Waals surface area contributed by atoms with Crippen LogP contribution in [0.15, 0.2) is 0 Å². The highest BCUT2D eigenvalue weighted by Crippen LogP contribution is 2.10. The van der Waals surface area contributed by atoms with Crippen LogP contribution < -0.4 is 11.1 Å². The highest BCUT2D eigenvalue weighted by atomic mass is 16.2. The van der Waals surface area contributed by atoms with Crippen molar-refractivity contribution >= 4 is 17.8 Å². The van der Waals surface area contributed by atoms with Crippen LogP contribution in [0, 0.1) is 0 Å². The SMILES string of the molecule is C[C@H](C(=O)NC(N)=O)N1CCN(C(=O)CN2CCCC2)CC1. The van der Waals surface area contributed by atoms with Crippen LogP contribution in [-0.4, -0.2) is 84.4 Å². The molecule has 3 N–H and O–H groups in total. The maximum atomic E-state index is 12.2. The summed E-state index contributed by atoms with van der Waals surface area (Å²) in [5, 5.41) is 2.09. The molecule has 2 heterocycles. The molecule has 0 saturated carbocycles. The molecule has 0 aromatic carbocycles. The number of carbonyl (C=O) groups is 3. The minimum Gasteiger partial charge on any atom is -0.351 e. The summed E-state index contributed by atoms with van der Waals surface area (Å²) in [5.41, 5.74) is 4.95. The molecule has 2 aliphatic rings. The summed E-state index contributed by atoms with van der Waals surface area (Å²) in [7, 11) is 0. The van der Waals surface area contributed by atoms with Gasteiger partial charge >= 0.3 is 6.03 Å². The van der Waals surface area contributed by atoms with Gasteiger partial charge in [-0.05, 0) is 32.9 Å².